The molecule has 0 radical (unpaired) electrons. The van der Waals surface area contributed by atoms with Crippen LogP contribution in [0.2, 0.25) is 5.02 Å². The van der Waals surface area contributed by atoms with Gasteiger partial charge in [-0.3, -0.25) is 0 Å². The van der Waals surface area contributed by atoms with Gasteiger partial charge in [0.1, 0.15) is 0 Å². The summed E-state index contributed by atoms with van der Waals surface area (Å²) < 4.78 is 0.949. The van der Waals surface area contributed by atoms with Crippen molar-refractivity contribution in [2.45, 2.75) is 25.3 Å². The van der Waals surface area contributed by atoms with Gasteiger partial charge in [-0.1, -0.05) is 17.7 Å². The standard InChI is InChI=1S/C10H11BrClN/c11-7-5-4-6-2-1-3-8(13)9(6)10(7)12/h4-5,8H,1-3,13H2/t8-/m0/s1. The predicted molar refractivity (Wildman–Crippen MR) is 59.0 cm³/mol. The Hall–Kier alpha value is -0.0500. The number of nitrogens with two attached hydrogens (primary N) is 1. The van der Waals surface area contributed by atoms with Crippen molar-refractivity contribution in [2.24, 2.45) is 5.73 Å². The maximum Gasteiger partial charge on any atom is 0.0598 e. The fourth-order valence-electron chi connectivity index (χ4n) is 1.88. The molecule has 1 atom stereocenters. The van der Waals surface area contributed by atoms with Gasteiger partial charge >= 0.3 is 0 Å². The molecule has 0 saturated carbocycles. The van der Waals surface area contributed by atoms with Crippen molar-refractivity contribution in [1.29, 1.82) is 0 Å². The highest BCUT2D eigenvalue weighted by Crippen LogP contribution is 2.37. The third kappa shape index (κ3) is 1.63. The first-order valence-electron chi connectivity index (χ1n) is 4.42. The van der Waals surface area contributed by atoms with E-state index in [1.165, 1.54) is 12.0 Å². The van der Waals surface area contributed by atoms with Crippen LogP contribution in [0.5, 0.6) is 0 Å². The second kappa shape index (κ2) is 3.60. The molecule has 0 amide bonds. The summed E-state index contributed by atoms with van der Waals surface area (Å²) in [5.41, 5.74) is 8.46. The third-order valence-electron chi connectivity index (χ3n) is 2.55. The van der Waals surface area contributed by atoms with E-state index in [-0.39, 0.29) is 6.04 Å². The first-order chi connectivity index (χ1) is 6.20. The Labute approximate surface area is 91.4 Å². The molecular weight excluding hydrogens is 249 g/mol. The lowest BCUT2D eigenvalue weighted by Crippen LogP contribution is -2.17. The maximum absolute atomic E-state index is 6.18. The van der Waals surface area contributed by atoms with Crippen LogP contribution in [0.4, 0.5) is 0 Å². The molecule has 0 fully saturated rings. The van der Waals surface area contributed by atoms with Crippen LogP contribution in [-0.2, 0) is 6.42 Å². The van der Waals surface area contributed by atoms with Gasteiger partial charge in [-0.15, -0.1) is 0 Å². The molecule has 3 heteroatoms. The van der Waals surface area contributed by atoms with Gasteiger partial charge in [0.05, 0.1) is 5.02 Å². The van der Waals surface area contributed by atoms with Crippen molar-refractivity contribution in [3.63, 3.8) is 0 Å². The molecular formula is C10H11BrClN. The Morgan fingerprint density at radius 2 is 2.23 bits per heavy atom. The summed E-state index contributed by atoms with van der Waals surface area (Å²) in [6, 6.07) is 4.23. The van der Waals surface area contributed by atoms with E-state index >= 15 is 0 Å². The van der Waals surface area contributed by atoms with Crippen LogP contribution in [0.25, 0.3) is 0 Å². The molecule has 0 bridgehead atoms. The summed E-state index contributed by atoms with van der Waals surface area (Å²) in [5, 5.41) is 0.796. The maximum atomic E-state index is 6.18. The summed E-state index contributed by atoms with van der Waals surface area (Å²) >= 11 is 9.59. The Kier molecular flexibility index (Phi) is 2.63. The average molecular weight is 261 g/mol. The SMILES string of the molecule is N[C@H]1CCCc2ccc(Br)c(Cl)c21. The molecule has 0 aliphatic heterocycles. The predicted octanol–water partition coefficient (Wildman–Crippen LogP) is 3.44. The van der Waals surface area contributed by atoms with Crippen LogP contribution in [0.1, 0.15) is 30.0 Å². The number of hydrogen-bond acceptors (Lipinski definition) is 1. The van der Waals surface area contributed by atoms with E-state index in [2.05, 4.69) is 22.0 Å². The second-order valence-corrected chi connectivity index (χ2v) is 4.67. The second-order valence-electron chi connectivity index (χ2n) is 3.43. The highest BCUT2D eigenvalue weighted by molar-refractivity contribution is 9.10. The Morgan fingerprint density at radius 1 is 1.46 bits per heavy atom. The highest BCUT2D eigenvalue weighted by atomic mass is 79.9. The molecule has 0 spiro atoms. The van der Waals surface area contributed by atoms with Gasteiger partial charge in [-0.05, 0) is 52.4 Å². The van der Waals surface area contributed by atoms with Gasteiger partial charge in [0.2, 0.25) is 0 Å². The lowest BCUT2D eigenvalue weighted by molar-refractivity contribution is 0.570. The lowest BCUT2D eigenvalue weighted by atomic mass is 9.88. The average Bonchev–Trinajstić information content (AvgIpc) is 2.12. The molecule has 13 heavy (non-hydrogen) atoms. The molecule has 1 nitrogen and oxygen atoms in total. The molecule has 2 rings (SSSR count). The first-order valence-corrected chi connectivity index (χ1v) is 5.59. The van der Waals surface area contributed by atoms with Gasteiger partial charge in [-0.25, -0.2) is 0 Å². The summed E-state index contributed by atoms with van der Waals surface area (Å²) in [6.45, 7) is 0. The fourth-order valence-corrected chi connectivity index (χ4v) is 2.55. The van der Waals surface area contributed by atoms with Crippen molar-refractivity contribution in [2.75, 3.05) is 0 Å². The lowest BCUT2D eigenvalue weighted by Gasteiger charge is -2.23. The summed E-state index contributed by atoms with van der Waals surface area (Å²) in [4.78, 5) is 0. The molecule has 0 saturated heterocycles. The van der Waals surface area contributed by atoms with Crippen LogP contribution in [0, 0.1) is 0 Å². The normalized spacial score (nSPS) is 21.3. The first kappa shape index (κ1) is 9.50. The number of halogens is 2. The van der Waals surface area contributed by atoms with Gasteiger partial charge in [0.25, 0.3) is 0 Å². The molecule has 1 aromatic carbocycles. The van der Waals surface area contributed by atoms with Crippen LogP contribution in [0.15, 0.2) is 16.6 Å². The Balaban J connectivity index is 2.58. The zero-order chi connectivity index (χ0) is 9.42. The molecule has 2 N–H and O–H groups in total. The van der Waals surface area contributed by atoms with Gasteiger partial charge < -0.3 is 5.73 Å². The molecule has 0 unspecified atom stereocenters. The minimum absolute atomic E-state index is 0.119. The quantitative estimate of drug-likeness (QED) is 0.760. The summed E-state index contributed by atoms with van der Waals surface area (Å²) in [7, 11) is 0. The van der Waals surface area contributed by atoms with E-state index in [4.69, 9.17) is 17.3 Å². The minimum atomic E-state index is 0.119. The summed E-state index contributed by atoms with van der Waals surface area (Å²) in [6.07, 6.45) is 3.32. The van der Waals surface area contributed by atoms with Crippen molar-refractivity contribution >= 4 is 27.5 Å². The van der Waals surface area contributed by atoms with Gasteiger partial charge in [0.15, 0.2) is 0 Å². The van der Waals surface area contributed by atoms with E-state index in [0.29, 0.717) is 0 Å². The number of hydrogen-bond donors (Lipinski definition) is 1. The van der Waals surface area contributed by atoms with Gasteiger partial charge in [0, 0.05) is 10.5 Å². The largest absolute Gasteiger partial charge is 0.324 e. The van der Waals surface area contributed by atoms with E-state index in [1.54, 1.807) is 0 Å². The van der Waals surface area contributed by atoms with Gasteiger partial charge in [-0.2, -0.15) is 0 Å². The molecule has 70 valence electrons. The smallest absolute Gasteiger partial charge is 0.0598 e. The zero-order valence-electron chi connectivity index (χ0n) is 7.19. The minimum Gasteiger partial charge on any atom is -0.324 e. The molecule has 1 aromatic rings. The highest BCUT2D eigenvalue weighted by Gasteiger charge is 2.20. The van der Waals surface area contributed by atoms with E-state index < -0.39 is 0 Å². The fraction of sp³-hybridized carbons (Fsp3) is 0.400. The number of fused-ring (bicyclic) bond motifs is 1. The molecule has 0 heterocycles. The monoisotopic (exact) mass is 259 g/mol. The van der Waals surface area contributed by atoms with E-state index in [1.807, 2.05) is 6.07 Å². The summed E-state index contributed by atoms with van der Waals surface area (Å²) in [5.74, 6) is 0. The molecule has 1 aliphatic carbocycles. The van der Waals surface area contributed by atoms with Crippen molar-refractivity contribution < 1.29 is 0 Å². The van der Waals surface area contributed by atoms with Crippen molar-refractivity contribution in [3.05, 3.63) is 32.8 Å². The van der Waals surface area contributed by atoms with Crippen LogP contribution in [-0.4, -0.2) is 0 Å². The third-order valence-corrected chi connectivity index (χ3v) is 3.85. The van der Waals surface area contributed by atoms with E-state index in [0.717, 1.165) is 27.9 Å². The van der Waals surface area contributed by atoms with Crippen molar-refractivity contribution in [1.82, 2.24) is 0 Å². The topological polar surface area (TPSA) is 26.0 Å². The number of rotatable bonds is 0. The molecule has 1 aliphatic rings. The molecule has 0 aromatic heterocycles. The van der Waals surface area contributed by atoms with E-state index in [9.17, 15) is 0 Å². The Bertz CT molecular complexity index is 338. The number of benzene rings is 1. The van der Waals surface area contributed by atoms with Crippen LogP contribution >= 0.6 is 27.5 Å². The van der Waals surface area contributed by atoms with Crippen LogP contribution in [0.3, 0.4) is 0 Å². The number of aryl methyl sites for hydroxylation is 1. The van der Waals surface area contributed by atoms with Crippen LogP contribution < -0.4 is 5.73 Å². The zero-order valence-corrected chi connectivity index (χ0v) is 9.53. The van der Waals surface area contributed by atoms with Crippen molar-refractivity contribution in [3.8, 4) is 0 Å². The Morgan fingerprint density at radius 3 is 3.00 bits per heavy atom.